The quantitative estimate of drug-likeness (QED) is 0.817. The van der Waals surface area contributed by atoms with Crippen molar-refractivity contribution in [2.24, 2.45) is 10.8 Å². The van der Waals surface area contributed by atoms with Crippen molar-refractivity contribution < 1.29 is 0 Å². The fraction of sp³-hybridized carbons (Fsp3) is 1.00. The average Bonchev–Trinajstić information content (AvgIpc) is 2.43. The minimum atomic E-state index is 0.576. The third-order valence-corrected chi connectivity index (χ3v) is 5.94. The van der Waals surface area contributed by atoms with Gasteiger partial charge in [-0.3, -0.25) is 0 Å². The molecular weight excluding hydrogens is 232 g/mol. The minimum Gasteiger partial charge on any atom is -0.319 e. The Balaban J connectivity index is 1.88. The molecule has 112 valence electrons. The SMILES string of the molecule is CCC1(C)CCN(CC2(CNC)CCCCC2)CC1. The largest absolute Gasteiger partial charge is 0.319 e. The van der Waals surface area contributed by atoms with Crippen LogP contribution < -0.4 is 5.32 Å². The zero-order valence-electron chi connectivity index (χ0n) is 13.4. The maximum absolute atomic E-state index is 3.47. The molecule has 0 aromatic rings. The molecule has 2 fully saturated rings. The summed E-state index contributed by atoms with van der Waals surface area (Å²) in [6.07, 6.45) is 11.4. The Kier molecular flexibility index (Phi) is 5.30. The van der Waals surface area contributed by atoms with Crippen molar-refractivity contribution in [3.8, 4) is 0 Å². The molecule has 0 aromatic carbocycles. The van der Waals surface area contributed by atoms with Crippen molar-refractivity contribution in [3.63, 3.8) is 0 Å². The van der Waals surface area contributed by atoms with E-state index in [9.17, 15) is 0 Å². The van der Waals surface area contributed by atoms with E-state index in [-0.39, 0.29) is 0 Å². The van der Waals surface area contributed by atoms with Gasteiger partial charge in [-0.25, -0.2) is 0 Å². The second-order valence-electron chi connectivity index (χ2n) is 7.53. The highest BCUT2D eigenvalue weighted by Gasteiger charge is 2.36. The normalized spacial score (nSPS) is 27.3. The monoisotopic (exact) mass is 266 g/mol. The van der Waals surface area contributed by atoms with Gasteiger partial charge in [0, 0.05) is 13.1 Å². The molecule has 2 rings (SSSR count). The first-order valence-corrected chi connectivity index (χ1v) is 8.48. The maximum atomic E-state index is 3.47. The minimum absolute atomic E-state index is 0.576. The van der Waals surface area contributed by atoms with Crippen molar-refractivity contribution >= 4 is 0 Å². The Hall–Kier alpha value is -0.0800. The second-order valence-corrected chi connectivity index (χ2v) is 7.53. The molecular formula is C17H34N2. The van der Waals surface area contributed by atoms with E-state index >= 15 is 0 Å². The van der Waals surface area contributed by atoms with E-state index in [1.54, 1.807) is 0 Å². The van der Waals surface area contributed by atoms with Crippen LogP contribution in [0.4, 0.5) is 0 Å². The van der Waals surface area contributed by atoms with Crippen LogP contribution in [-0.4, -0.2) is 38.1 Å². The van der Waals surface area contributed by atoms with Gasteiger partial charge >= 0.3 is 0 Å². The highest BCUT2D eigenvalue weighted by atomic mass is 15.1. The van der Waals surface area contributed by atoms with Crippen LogP contribution in [0.1, 0.15) is 65.2 Å². The number of hydrogen-bond donors (Lipinski definition) is 1. The van der Waals surface area contributed by atoms with E-state index in [2.05, 4.69) is 31.1 Å². The smallest absolute Gasteiger partial charge is 0.00501 e. The summed E-state index contributed by atoms with van der Waals surface area (Å²) in [6, 6.07) is 0. The van der Waals surface area contributed by atoms with Crippen molar-refractivity contribution in [1.82, 2.24) is 10.2 Å². The van der Waals surface area contributed by atoms with E-state index in [1.807, 2.05) is 0 Å². The Labute approximate surface area is 120 Å². The predicted octanol–water partition coefficient (Wildman–Crippen LogP) is 3.67. The number of piperidine rings is 1. The third-order valence-electron chi connectivity index (χ3n) is 5.94. The molecule has 1 heterocycles. The van der Waals surface area contributed by atoms with Crippen LogP contribution in [0.5, 0.6) is 0 Å². The second kappa shape index (κ2) is 6.58. The highest BCUT2D eigenvalue weighted by Crippen LogP contribution is 2.39. The van der Waals surface area contributed by atoms with Gasteiger partial charge in [0.25, 0.3) is 0 Å². The molecule has 0 radical (unpaired) electrons. The lowest BCUT2D eigenvalue weighted by Crippen LogP contribution is -2.48. The average molecular weight is 266 g/mol. The third kappa shape index (κ3) is 3.95. The van der Waals surface area contributed by atoms with Gasteiger partial charge in [-0.15, -0.1) is 0 Å². The molecule has 2 nitrogen and oxygen atoms in total. The Morgan fingerprint density at radius 1 is 1.00 bits per heavy atom. The van der Waals surface area contributed by atoms with Crippen LogP contribution in [0.3, 0.4) is 0 Å². The van der Waals surface area contributed by atoms with Gasteiger partial charge in [0.05, 0.1) is 0 Å². The number of hydrogen-bond acceptors (Lipinski definition) is 2. The predicted molar refractivity (Wildman–Crippen MR) is 83.5 cm³/mol. The molecule has 0 atom stereocenters. The molecule has 1 aliphatic carbocycles. The van der Waals surface area contributed by atoms with Gasteiger partial charge in [0.15, 0.2) is 0 Å². The lowest BCUT2D eigenvalue weighted by Gasteiger charge is -2.45. The molecule has 1 aliphatic heterocycles. The fourth-order valence-corrected chi connectivity index (χ4v) is 4.15. The van der Waals surface area contributed by atoms with E-state index < -0.39 is 0 Å². The summed E-state index contributed by atoms with van der Waals surface area (Å²) >= 11 is 0. The van der Waals surface area contributed by atoms with Crippen LogP contribution in [-0.2, 0) is 0 Å². The lowest BCUT2D eigenvalue weighted by molar-refractivity contribution is 0.0534. The van der Waals surface area contributed by atoms with Crippen LogP contribution in [0.15, 0.2) is 0 Å². The first-order chi connectivity index (χ1) is 9.11. The van der Waals surface area contributed by atoms with Gasteiger partial charge in [0.2, 0.25) is 0 Å². The fourth-order valence-electron chi connectivity index (χ4n) is 4.15. The molecule has 1 saturated carbocycles. The van der Waals surface area contributed by atoms with Gasteiger partial charge in [-0.1, -0.05) is 39.5 Å². The molecule has 1 saturated heterocycles. The topological polar surface area (TPSA) is 15.3 Å². The van der Waals surface area contributed by atoms with Crippen molar-refractivity contribution in [2.75, 3.05) is 33.2 Å². The molecule has 19 heavy (non-hydrogen) atoms. The molecule has 2 aliphatic rings. The Morgan fingerprint density at radius 3 is 2.16 bits per heavy atom. The first kappa shape index (κ1) is 15.3. The number of likely N-dealkylation sites (tertiary alicyclic amines) is 1. The zero-order chi connectivity index (χ0) is 13.8. The molecule has 0 bridgehead atoms. The van der Waals surface area contributed by atoms with E-state index in [0.717, 1.165) is 0 Å². The van der Waals surface area contributed by atoms with Gasteiger partial charge in [0.1, 0.15) is 0 Å². The molecule has 0 spiro atoms. The van der Waals surface area contributed by atoms with Crippen LogP contribution in [0, 0.1) is 10.8 Å². The van der Waals surface area contributed by atoms with Crippen LogP contribution in [0.25, 0.3) is 0 Å². The Bertz CT molecular complexity index is 255. The summed E-state index contributed by atoms with van der Waals surface area (Å²) in [5, 5.41) is 3.47. The van der Waals surface area contributed by atoms with E-state index in [1.165, 1.54) is 77.5 Å². The van der Waals surface area contributed by atoms with Crippen molar-refractivity contribution in [1.29, 1.82) is 0 Å². The highest BCUT2D eigenvalue weighted by molar-refractivity contribution is 4.90. The summed E-state index contributed by atoms with van der Waals surface area (Å²) < 4.78 is 0. The summed E-state index contributed by atoms with van der Waals surface area (Å²) in [4.78, 5) is 2.76. The van der Waals surface area contributed by atoms with Gasteiger partial charge < -0.3 is 10.2 Å². The maximum Gasteiger partial charge on any atom is 0.00501 e. The number of nitrogens with one attached hydrogen (secondary N) is 1. The van der Waals surface area contributed by atoms with Crippen LogP contribution in [0.2, 0.25) is 0 Å². The lowest BCUT2D eigenvalue weighted by atomic mass is 9.72. The van der Waals surface area contributed by atoms with E-state index in [4.69, 9.17) is 0 Å². The molecule has 0 amide bonds. The van der Waals surface area contributed by atoms with Crippen LogP contribution >= 0.6 is 0 Å². The summed E-state index contributed by atoms with van der Waals surface area (Å²) in [5.41, 5.74) is 1.20. The van der Waals surface area contributed by atoms with Crippen molar-refractivity contribution in [2.45, 2.75) is 65.2 Å². The van der Waals surface area contributed by atoms with E-state index in [0.29, 0.717) is 10.8 Å². The Morgan fingerprint density at radius 2 is 1.63 bits per heavy atom. The summed E-state index contributed by atoms with van der Waals surface area (Å²) in [5.74, 6) is 0. The van der Waals surface area contributed by atoms with Crippen molar-refractivity contribution in [3.05, 3.63) is 0 Å². The molecule has 1 N–H and O–H groups in total. The summed E-state index contributed by atoms with van der Waals surface area (Å²) in [6.45, 7) is 10.1. The summed E-state index contributed by atoms with van der Waals surface area (Å²) in [7, 11) is 2.13. The standard InChI is InChI=1S/C17H34N2/c1-4-16(2)10-12-19(13-11-16)15-17(14-18-3)8-6-5-7-9-17/h18H,4-15H2,1-3H3. The first-order valence-electron chi connectivity index (χ1n) is 8.48. The van der Waals surface area contributed by atoms with Gasteiger partial charge in [-0.2, -0.15) is 0 Å². The number of rotatable bonds is 5. The molecule has 2 heteroatoms. The molecule has 0 unspecified atom stereocenters. The number of nitrogens with zero attached hydrogens (tertiary/aromatic N) is 1. The van der Waals surface area contributed by atoms with Gasteiger partial charge in [-0.05, 0) is 56.7 Å². The zero-order valence-corrected chi connectivity index (χ0v) is 13.4. The molecule has 0 aromatic heterocycles.